The van der Waals surface area contributed by atoms with Gasteiger partial charge in [-0.25, -0.2) is 0 Å². The van der Waals surface area contributed by atoms with Crippen LogP contribution in [0.4, 0.5) is 0 Å². The van der Waals surface area contributed by atoms with Crippen molar-refractivity contribution in [2.24, 2.45) is 0 Å². The van der Waals surface area contributed by atoms with Crippen LogP contribution < -0.4 is 34.7 Å². The van der Waals surface area contributed by atoms with Crippen LogP contribution in [0.25, 0.3) is 0 Å². The van der Waals surface area contributed by atoms with Gasteiger partial charge in [-0.2, -0.15) is 0 Å². The molecule has 0 saturated carbocycles. The number of aliphatic hydroxyl groups excluding tert-OH is 1. The van der Waals surface area contributed by atoms with Crippen LogP contribution in [0.3, 0.4) is 0 Å². The summed E-state index contributed by atoms with van der Waals surface area (Å²) >= 11 is 0. The van der Waals surface area contributed by atoms with E-state index in [4.69, 9.17) is 5.11 Å². The number of hydrogen-bond acceptors (Lipinski definition) is 3. The summed E-state index contributed by atoms with van der Waals surface area (Å²) in [4.78, 5) is 9.73. The topological polar surface area (TPSA) is 91.9 Å². The third-order valence-corrected chi connectivity index (χ3v) is 0.834. The molecule has 3 N–H and O–H groups in total. The number of hydrogen-bond donors (Lipinski definition) is 1. The number of rotatable bonds is 3. The molecule has 0 aliphatic heterocycles. The SMILES string of the molecule is CCCC(O)C(=O)[O-].O.[Na+]. The van der Waals surface area contributed by atoms with Crippen LogP contribution in [-0.4, -0.2) is 22.7 Å². The fourth-order valence-electron chi connectivity index (χ4n) is 0.391. The van der Waals surface area contributed by atoms with E-state index in [0.29, 0.717) is 6.42 Å². The molecule has 10 heavy (non-hydrogen) atoms. The molecule has 0 aliphatic rings. The number of aliphatic carboxylic acids is 1. The molecular formula is C5H11NaO4. The Morgan fingerprint density at radius 3 is 2.20 bits per heavy atom. The van der Waals surface area contributed by atoms with Crippen molar-refractivity contribution >= 4 is 5.97 Å². The van der Waals surface area contributed by atoms with Gasteiger partial charge in [-0.3, -0.25) is 0 Å². The van der Waals surface area contributed by atoms with Gasteiger partial charge in [0, 0.05) is 0 Å². The van der Waals surface area contributed by atoms with Crippen molar-refractivity contribution in [2.75, 3.05) is 0 Å². The van der Waals surface area contributed by atoms with Crippen molar-refractivity contribution in [1.29, 1.82) is 0 Å². The summed E-state index contributed by atoms with van der Waals surface area (Å²) < 4.78 is 0. The fraction of sp³-hybridized carbons (Fsp3) is 0.800. The Morgan fingerprint density at radius 1 is 1.70 bits per heavy atom. The monoisotopic (exact) mass is 158 g/mol. The van der Waals surface area contributed by atoms with E-state index >= 15 is 0 Å². The Bertz CT molecular complexity index is 85.7. The second-order valence-electron chi connectivity index (χ2n) is 1.62. The molecule has 4 nitrogen and oxygen atoms in total. The molecule has 0 aromatic rings. The summed E-state index contributed by atoms with van der Waals surface area (Å²) in [6.45, 7) is 1.80. The molecule has 56 valence electrons. The Hall–Kier alpha value is 0.390. The summed E-state index contributed by atoms with van der Waals surface area (Å²) in [5.74, 6) is -1.38. The van der Waals surface area contributed by atoms with Crippen LogP contribution >= 0.6 is 0 Å². The first-order valence-corrected chi connectivity index (χ1v) is 2.57. The van der Waals surface area contributed by atoms with E-state index in [-0.39, 0.29) is 41.5 Å². The zero-order chi connectivity index (χ0) is 6.57. The average Bonchev–Trinajstić information content (AvgIpc) is 1.67. The predicted octanol–water partition coefficient (Wildman–Crippen LogP) is -4.92. The summed E-state index contributed by atoms with van der Waals surface area (Å²) in [7, 11) is 0. The summed E-state index contributed by atoms with van der Waals surface area (Å²) in [5, 5.41) is 18.2. The third-order valence-electron chi connectivity index (χ3n) is 0.834. The van der Waals surface area contributed by atoms with Crippen LogP contribution in [-0.2, 0) is 4.79 Å². The van der Waals surface area contributed by atoms with Crippen LogP contribution in [0.2, 0.25) is 0 Å². The molecule has 0 spiro atoms. The van der Waals surface area contributed by atoms with E-state index in [0.717, 1.165) is 0 Å². The van der Waals surface area contributed by atoms with Crippen molar-refractivity contribution in [3.05, 3.63) is 0 Å². The summed E-state index contributed by atoms with van der Waals surface area (Å²) in [5.41, 5.74) is 0. The van der Waals surface area contributed by atoms with Crippen molar-refractivity contribution in [3.63, 3.8) is 0 Å². The molecule has 0 aliphatic carbocycles. The molecule has 0 fully saturated rings. The van der Waals surface area contributed by atoms with Gasteiger partial charge in [-0.05, 0) is 6.42 Å². The number of carboxylic acids is 1. The first kappa shape index (κ1) is 16.8. The quantitative estimate of drug-likeness (QED) is 0.417. The molecule has 5 heteroatoms. The maximum atomic E-state index is 9.73. The van der Waals surface area contributed by atoms with Gasteiger partial charge in [0.15, 0.2) is 0 Å². The second kappa shape index (κ2) is 9.39. The molecule has 0 saturated heterocycles. The van der Waals surface area contributed by atoms with Crippen molar-refractivity contribution in [2.45, 2.75) is 25.9 Å². The number of carbonyl (C=O) groups excluding carboxylic acids is 1. The maximum absolute atomic E-state index is 9.73. The standard InChI is InChI=1S/C5H10O3.Na.H2O/c1-2-3-4(6)5(7)8;;/h4,6H,2-3H2,1H3,(H,7,8);;1H2/q;+1;/p-1. The van der Waals surface area contributed by atoms with E-state index in [9.17, 15) is 9.90 Å². The van der Waals surface area contributed by atoms with E-state index < -0.39 is 12.1 Å². The zero-order valence-corrected chi connectivity index (χ0v) is 8.26. The van der Waals surface area contributed by atoms with Gasteiger partial charge in [0.1, 0.15) is 0 Å². The third kappa shape index (κ3) is 8.39. The Labute approximate surface area is 81.8 Å². The van der Waals surface area contributed by atoms with Gasteiger partial charge in [-0.1, -0.05) is 13.3 Å². The molecule has 0 bridgehead atoms. The molecule has 0 rings (SSSR count). The molecule has 0 heterocycles. The number of aliphatic hydroxyl groups is 1. The fourth-order valence-corrected chi connectivity index (χ4v) is 0.391. The van der Waals surface area contributed by atoms with Gasteiger partial charge < -0.3 is 20.5 Å². The van der Waals surface area contributed by atoms with E-state index in [1.54, 1.807) is 6.92 Å². The normalized spacial score (nSPS) is 10.6. The molecule has 0 aromatic carbocycles. The van der Waals surface area contributed by atoms with Crippen LogP contribution in [0.5, 0.6) is 0 Å². The van der Waals surface area contributed by atoms with Gasteiger partial charge in [0.2, 0.25) is 0 Å². The molecule has 1 unspecified atom stereocenters. The van der Waals surface area contributed by atoms with Crippen molar-refractivity contribution in [3.8, 4) is 0 Å². The van der Waals surface area contributed by atoms with Crippen LogP contribution in [0.15, 0.2) is 0 Å². The minimum atomic E-state index is -1.38. The smallest absolute Gasteiger partial charge is 0.547 e. The Kier molecular flexibility index (Phi) is 15.8. The minimum absolute atomic E-state index is 0. The molecule has 0 amide bonds. The Morgan fingerprint density at radius 2 is 2.10 bits per heavy atom. The minimum Gasteiger partial charge on any atom is -0.547 e. The van der Waals surface area contributed by atoms with Crippen LogP contribution in [0.1, 0.15) is 19.8 Å². The van der Waals surface area contributed by atoms with Gasteiger partial charge in [0.05, 0.1) is 12.1 Å². The zero-order valence-electron chi connectivity index (χ0n) is 6.26. The van der Waals surface area contributed by atoms with Crippen molar-refractivity contribution < 1.29 is 50.0 Å². The van der Waals surface area contributed by atoms with Crippen LogP contribution in [0, 0.1) is 0 Å². The molecular weight excluding hydrogens is 147 g/mol. The van der Waals surface area contributed by atoms with Gasteiger partial charge in [0.25, 0.3) is 0 Å². The number of carbonyl (C=O) groups is 1. The summed E-state index contributed by atoms with van der Waals surface area (Å²) in [6, 6.07) is 0. The summed E-state index contributed by atoms with van der Waals surface area (Å²) in [6.07, 6.45) is -0.336. The molecule has 0 aromatic heterocycles. The Balaban J connectivity index is -0.000000245. The maximum Gasteiger partial charge on any atom is 1.00 e. The predicted molar refractivity (Wildman–Crippen MR) is 29.5 cm³/mol. The van der Waals surface area contributed by atoms with Gasteiger partial charge >= 0.3 is 29.6 Å². The molecule has 1 atom stereocenters. The first-order valence-electron chi connectivity index (χ1n) is 2.57. The molecule has 0 radical (unpaired) electrons. The van der Waals surface area contributed by atoms with Crippen molar-refractivity contribution in [1.82, 2.24) is 0 Å². The number of carboxylic acid groups (broad SMARTS) is 1. The van der Waals surface area contributed by atoms with E-state index in [2.05, 4.69) is 0 Å². The van der Waals surface area contributed by atoms with Gasteiger partial charge in [-0.15, -0.1) is 0 Å². The second-order valence-corrected chi connectivity index (χ2v) is 1.62. The van der Waals surface area contributed by atoms with E-state index in [1.165, 1.54) is 0 Å². The first-order chi connectivity index (χ1) is 3.68. The average molecular weight is 158 g/mol. The largest absolute Gasteiger partial charge is 1.00 e. The van der Waals surface area contributed by atoms with E-state index in [1.807, 2.05) is 0 Å².